The quantitative estimate of drug-likeness (QED) is 0.907. The minimum absolute atomic E-state index is 0.0866. The highest BCUT2D eigenvalue weighted by Crippen LogP contribution is 2.17. The van der Waals surface area contributed by atoms with Crippen LogP contribution in [-0.4, -0.2) is 35.7 Å². The fourth-order valence-corrected chi connectivity index (χ4v) is 2.28. The van der Waals surface area contributed by atoms with Crippen LogP contribution >= 0.6 is 0 Å². The highest BCUT2D eigenvalue weighted by Gasteiger charge is 2.19. The first-order chi connectivity index (χ1) is 9.15. The number of ether oxygens (including phenoxy) is 1. The van der Waals surface area contributed by atoms with E-state index in [-0.39, 0.29) is 17.8 Å². The molecule has 1 saturated heterocycles. The maximum absolute atomic E-state index is 12.1. The van der Waals surface area contributed by atoms with E-state index in [1.165, 1.54) is 0 Å². The molecule has 1 atom stereocenters. The molecule has 1 aliphatic heterocycles. The molecule has 1 N–H and O–H groups in total. The summed E-state index contributed by atoms with van der Waals surface area (Å²) in [6.45, 7) is 1.34. The van der Waals surface area contributed by atoms with Gasteiger partial charge in [-0.2, -0.15) is 0 Å². The number of phenolic OH excluding ortho intramolecular Hbond substituents is 1. The number of hydrogen-bond acceptors (Lipinski definition) is 3. The van der Waals surface area contributed by atoms with Gasteiger partial charge in [-0.25, -0.2) is 0 Å². The van der Waals surface area contributed by atoms with Gasteiger partial charge in [0, 0.05) is 20.2 Å². The molecular formula is C15H21NO3. The minimum Gasteiger partial charge on any atom is -0.508 e. The standard InChI is InChI=1S/C15H21NO3/c1-16(11-12-5-7-13(17)8-6-12)15(18)10-14-4-2-3-9-19-14/h5-8,14,17H,2-4,9-11H2,1H3. The first-order valence-electron chi connectivity index (χ1n) is 6.78. The molecule has 0 bridgehead atoms. The molecule has 1 aliphatic rings. The molecule has 1 aromatic rings. The van der Waals surface area contributed by atoms with Crippen LogP contribution in [0.4, 0.5) is 0 Å². The van der Waals surface area contributed by atoms with Gasteiger partial charge in [-0.3, -0.25) is 4.79 Å². The second-order valence-corrected chi connectivity index (χ2v) is 5.11. The van der Waals surface area contributed by atoms with Gasteiger partial charge < -0.3 is 14.7 Å². The normalized spacial score (nSPS) is 19.1. The molecule has 2 rings (SSSR count). The molecule has 0 saturated carbocycles. The van der Waals surface area contributed by atoms with Gasteiger partial charge in [0.15, 0.2) is 0 Å². The minimum atomic E-state index is 0.0866. The van der Waals surface area contributed by atoms with Gasteiger partial charge in [-0.05, 0) is 37.0 Å². The molecule has 19 heavy (non-hydrogen) atoms. The van der Waals surface area contributed by atoms with Gasteiger partial charge in [0.05, 0.1) is 12.5 Å². The number of carbonyl (C=O) groups is 1. The summed E-state index contributed by atoms with van der Waals surface area (Å²) in [7, 11) is 1.80. The molecule has 0 spiro atoms. The molecule has 1 fully saturated rings. The number of phenols is 1. The zero-order valence-corrected chi connectivity index (χ0v) is 11.3. The molecule has 4 heteroatoms. The van der Waals surface area contributed by atoms with Crippen molar-refractivity contribution in [2.45, 2.75) is 38.3 Å². The molecule has 0 aliphatic carbocycles. The van der Waals surface area contributed by atoms with E-state index < -0.39 is 0 Å². The lowest BCUT2D eigenvalue weighted by Crippen LogP contribution is -2.31. The van der Waals surface area contributed by atoms with Gasteiger partial charge in [-0.1, -0.05) is 12.1 Å². The predicted octanol–water partition coefficient (Wildman–Crippen LogP) is 2.31. The van der Waals surface area contributed by atoms with E-state index in [4.69, 9.17) is 4.74 Å². The van der Waals surface area contributed by atoms with Crippen molar-refractivity contribution < 1.29 is 14.6 Å². The Kier molecular flexibility index (Phi) is 4.80. The fourth-order valence-electron chi connectivity index (χ4n) is 2.28. The Labute approximate surface area is 114 Å². The van der Waals surface area contributed by atoms with Crippen molar-refractivity contribution in [3.8, 4) is 5.75 Å². The van der Waals surface area contributed by atoms with E-state index in [0.29, 0.717) is 13.0 Å². The highest BCUT2D eigenvalue weighted by atomic mass is 16.5. The third-order valence-electron chi connectivity index (χ3n) is 3.46. The van der Waals surface area contributed by atoms with E-state index in [0.717, 1.165) is 31.4 Å². The number of benzene rings is 1. The third kappa shape index (κ3) is 4.24. The van der Waals surface area contributed by atoms with Crippen molar-refractivity contribution in [1.29, 1.82) is 0 Å². The van der Waals surface area contributed by atoms with Crippen molar-refractivity contribution >= 4 is 5.91 Å². The number of rotatable bonds is 4. The Hall–Kier alpha value is -1.55. The van der Waals surface area contributed by atoms with Gasteiger partial charge in [0.1, 0.15) is 5.75 Å². The lowest BCUT2D eigenvalue weighted by atomic mass is 10.1. The molecule has 4 nitrogen and oxygen atoms in total. The average Bonchev–Trinajstić information content (AvgIpc) is 2.42. The van der Waals surface area contributed by atoms with Crippen LogP contribution in [0.25, 0.3) is 0 Å². The van der Waals surface area contributed by atoms with Crippen LogP contribution < -0.4 is 0 Å². The Morgan fingerprint density at radius 3 is 2.74 bits per heavy atom. The predicted molar refractivity (Wildman–Crippen MR) is 72.8 cm³/mol. The Balaban J connectivity index is 1.83. The van der Waals surface area contributed by atoms with Crippen molar-refractivity contribution in [3.05, 3.63) is 29.8 Å². The van der Waals surface area contributed by atoms with Crippen molar-refractivity contribution in [2.75, 3.05) is 13.7 Å². The third-order valence-corrected chi connectivity index (χ3v) is 3.46. The van der Waals surface area contributed by atoms with Gasteiger partial charge >= 0.3 is 0 Å². The Bertz CT molecular complexity index is 410. The lowest BCUT2D eigenvalue weighted by molar-refractivity contribution is -0.134. The van der Waals surface area contributed by atoms with Crippen molar-refractivity contribution in [1.82, 2.24) is 4.90 Å². The summed E-state index contributed by atoms with van der Waals surface area (Å²) in [6, 6.07) is 6.93. The maximum Gasteiger partial charge on any atom is 0.225 e. The van der Waals surface area contributed by atoms with Crippen LogP contribution in [0.5, 0.6) is 5.75 Å². The maximum atomic E-state index is 12.1. The molecule has 0 radical (unpaired) electrons. The summed E-state index contributed by atoms with van der Waals surface area (Å²) in [5, 5.41) is 9.22. The number of carbonyl (C=O) groups excluding carboxylic acids is 1. The molecule has 0 aromatic heterocycles. The van der Waals surface area contributed by atoms with E-state index in [2.05, 4.69) is 0 Å². The van der Waals surface area contributed by atoms with Crippen LogP contribution in [0.2, 0.25) is 0 Å². The molecule has 1 unspecified atom stereocenters. The largest absolute Gasteiger partial charge is 0.508 e. The summed E-state index contributed by atoms with van der Waals surface area (Å²) in [4.78, 5) is 13.8. The fraction of sp³-hybridized carbons (Fsp3) is 0.533. The van der Waals surface area contributed by atoms with E-state index in [1.54, 1.807) is 24.1 Å². The Morgan fingerprint density at radius 2 is 2.11 bits per heavy atom. The SMILES string of the molecule is CN(Cc1ccc(O)cc1)C(=O)CC1CCCCO1. The number of amides is 1. The second kappa shape index (κ2) is 6.57. The number of nitrogens with zero attached hydrogens (tertiary/aromatic N) is 1. The summed E-state index contributed by atoms with van der Waals surface area (Å²) >= 11 is 0. The second-order valence-electron chi connectivity index (χ2n) is 5.11. The van der Waals surface area contributed by atoms with E-state index in [1.807, 2.05) is 12.1 Å². The summed E-state index contributed by atoms with van der Waals surface area (Å²) < 4.78 is 5.58. The van der Waals surface area contributed by atoms with Crippen LogP contribution in [0.3, 0.4) is 0 Å². The van der Waals surface area contributed by atoms with Gasteiger partial charge in [-0.15, -0.1) is 0 Å². The monoisotopic (exact) mass is 263 g/mol. The van der Waals surface area contributed by atoms with Crippen LogP contribution in [0, 0.1) is 0 Å². The summed E-state index contributed by atoms with van der Waals surface area (Å²) in [5.41, 5.74) is 1.01. The molecular weight excluding hydrogens is 242 g/mol. The summed E-state index contributed by atoms with van der Waals surface area (Å²) in [6.07, 6.45) is 3.80. The molecule has 1 amide bonds. The van der Waals surface area contributed by atoms with E-state index in [9.17, 15) is 9.90 Å². The smallest absolute Gasteiger partial charge is 0.225 e. The van der Waals surface area contributed by atoms with Gasteiger partial charge in [0.25, 0.3) is 0 Å². The van der Waals surface area contributed by atoms with Crippen LogP contribution in [-0.2, 0) is 16.1 Å². The first kappa shape index (κ1) is 13.9. The zero-order chi connectivity index (χ0) is 13.7. The average molecular weight is 263 g/mol. The molecule has 1 heterocycles. The molecule has 104 valence electrons. The molecule has 1 aromatic carbocycles. The topological polar surface area (TPSA) is 49.8 Å². The first-order valence-corrected chi connectivity index (χ1v) is 6.78. The van der Waals surface area contributed by atoms with E-state index >= 15 is 0 Å². The van der Waals surface area contributed by atoms with Crippen molar-refractivity contribution in [2.24, 2.45) is 0 Å². The highest BCUT2D eigenvalue weighted by molar-refractivity contribution is 5.76. The Morgan fingerprint density at radius 1 is 1.37 bits per heavy atom. The number of aromatic hydroxyl groups is 1. The summed E-state index contributed by atoms with van der Waals surface area (Å²) in [5.74, 6) is 0.355. The van der Waals surface area contributed by atoms with Crippen LogP contribution in [0.1, 0.15) is 31.2 Å². The zero-order valence-electron chi connectivity index (χ0n) is 11.3. The lowest BCUT2D eigenvalue weighted by Gasteiger charge is -2.25. The number of hydrogen-bond donors (Lipinski definition) is 1. The van der Waals surface area contributed by atoms with Crippen molar-refractivity contribution in [3.63, 3.8) is 0 Å². The van der Waals surface area contributed by atoms with Crippen LogP contribution in [0.15, 0.2) is 24.3 Å². The van der Waals surface area contributed by atoms with Gasteiger partial charge in [0.2, 0.25) is 5.91 Å².